The van der Waals surface area contributed by atoms with Crippen LogP contribution in [0.15, 0.2) is 35.7 Å². The Hall–Kier alpha value is -1.17. The van der Waals surface area contributed by atoms with Crippen molar-refractivity contribution in [1.29, 1.82) is 0 Å². The predicted molar refractivity (Wildman–Crippen MR) is 78.0 cm³/mol. The average Bonchev–Trinajstić information content (AvgIpc) is 2.66. The van der Waals surface area contributed by atoms with Gasteiger partial charge < -0.3 is 4.90 Å². The second-order valence-electron chi connectivity index (χ2n) is 5.18. The van der Waals surface area contributed by atoms with E-state index in [1.54, 1.807) is 6.08 Å². The van der Waals surface area contributed by atoms with Crippen LogP contribution in [0.4, 0.5) is 0 Å². The number of rotatable bonds is 4. The van der Waals surface area contributed by atoms with Gasteiger partial charge in [0.1, 0.15) is 0 Å². The molecular formula is C14H20N2O2S. The van der Waals surface area contributed by atoms with Gasteiger partial charge in [-0.2, -0.15) is 0 Å². The zero-order valence-corrected chi connectivity index (χ0v) is 12.1. The van der Waals surface area contributed by atoms with Crippen LogP contribution in [-0.4, -0.2) is 39.5 Å². The molecule has 1 aliphatic heterocycles. The van der Waals surface area contributed by atoms with Crippen LogP contribution >= 0.6 is 0 Å². The monoisotopic (exact) mass is 280 g/mol. The van der Waals surface area contributed by atoms with Crippen molar-refractivity contribution in [2.45, 2.75) is 13.0 Å². The van der Waals surface area contributed by atoms with Gasteiger partial charge in [0, 0.05) is 24.5 Å². The minimum absolute atomic E-state index is 0.00424. The van der Waals surface area contributed by atoms with Crippen molar-refractivity contribution in [1.82, 2.24) is 9.62 Å². The molecule has 1 aliphatic rings. The fourth-order valence-electron chi connectivity index (χ4n) is 2.35. The van der Waals surface area contributed by atoms with Crippen LogP contribution in [0.1, 0.15) is 12.5 Å². The topological polar surface area (TPSA) is 49.4 Å². The molecule has 1 aromatic carbocycles. The molecule has 0 radical (unpaired) electrons. The minimum atomic E-state index is -3.38. The Labute approximate surface area is 115 Å². The van der Waals surface area contributed by atoms with Gasteiger partial charge in [0.05, 0.1) is 0 Å². The summed E-state index contributed by atoms with van der Waals surface area (Å²) in [5.41, 5.74) is 0.879. The maximum absolute atomic E-state index is 12.0. The van der Waals surface area contributed by atoms with Crippen molar-refractivity contribution >= 4 is 16.1 Å². The summed E-state index contributed by atoms with van der Waals surface area (Å²) in [5, 5.41) is 1.24. The van der Waals surface area contributed by atoms with Crippen LogP contribution in [0, 0.1) is 5.92 Å². The van der Waals surface area contributed by atoms with Gasteiger partial charge in [-0.1, -0.05) is 37.3 Å². The molecule has 19 heavy (non-hydrogen) atoms. The molecule has 2 atom stereocenters. The van der Waals surface area contributed by atoms with E-state index in [1.807, 2.05) is 37.4 Å². The quantitative estimate of drug-likeness (QED) is 0.910. The van der Waals surface area contributed by atoms with Gasteiger partial charge in [-0.15, -0.1) is 0 Å². The van der Waals surface area contributed by atoms with Gasteiger partial charge in [-0.25, -0.2) is 13.1 Å². The largest absolute Gasteiger partial charge is 0.304 e. The SMILES string of the molecule is CC1CN(C)CC1NS(=O)(=O)C=Cc1ccccc1. The highest BCUT2D eigenvalue weighted by Gasteiger charge is 2.29. The van der Waals surface area contributed by atoms with Gasteiger partial charge in [0.25, 0.3) is 0 Å². The lowest BCUT2D eigenvalue weighted by Gasteiger charge is -2.14. The lowest BCUT2D eigenvalue weighted by Crippen LogP contribution is -2.38. The lowest BCUT2D eigenvalue weighted by molar-refractivity contribution is 0.400. The molecule has 1 aromatic rings. The van der Waals surface area contributed by atoms with Crippen molar-refractivity contribution in [2.75, 3.05) is 20.1 Å². The molecule has 5 heteroatoms. The van der Waals surface area contributed by atoms with E-state index >= 15 is 0 Å². The van der Waals surface area contributed by atoms with E-state index in [0.29, 0.717) is 5.92 Å². The highest BCUT2D eigenvalue weighted by atomic mass is 32.2. The van der Waals surface area contributed by atoms with E-state index < -0.39 is 10.0 Å². The minimum Gasteiger partial charge on any atom is -0.304 e. The third kappa shape index (κ3) is 4.16. The maximum Gasteiger partial charge on any atom is 0.234 e. The van der Waals surface area contributed by atoms with Crippen molar-refractivity contribution in [3.63, 3.8) is 0 Å². The third-order valence-electron chi connectivity index (χ3n) is 3.35. The van der Waals surface area contributed by atoms with Crippen LogP contribution < -0.4 is 4.72 Å². The fourth-order valence-corrected chi connectivity index (χ4v) is 3.49. The van der Waals surface area contributed by atoms with Gasteiger partial charge in [0.2, 0.25) is 10.0 Å². The molecule has 0 amide bonds. The van der Waals surface area contributed by atoms with Gasteiger partial charge in [-0.3, -0.25) is 0 Å². The summed E-state index contributed by atoms with van der Waals surface area (Å²) in [7, 11) is -1.37. The maximum atomic E-state index is 12.0. The second kappa shape index (κ2) is 5.86. The number of nitrogens with zero attached hydrogens (tertiary/aromatic N) is 1. The Morgan fingerprint density at radius 1 is 1.26 bits per heavy atom. The summed E-state index contributed by atoms with van der Waals surface area (Å²) in [6, 6.07) is 9.41. The molecule has 0 spiro atoms. The summed E-state index contributed by atoms with van der Waals surface area (Å²) in [6.07, 6.45) is 1.62. The number of benzene rings is 1. The molecule has 0 saturated carbocycles. The van der Waals surface area contributed by atoms with Crippen molar-refractivity contribution in [3.8, 4) is 0 Å². The van der Waals surface area contributed by atoms with Crippen LogP contribution in [-0.2, 0) is 10.0 Å². The molecule has 4 nitrogen and oxygen atoms in total. The Balaban J connectivity index is 2.01. The van der Waals surface area contributed by atoms with E-state index in [9.17, 15) is 8.42 Å². The van der Waals surface area contributed by atoms with E-state index in [1.165, 1.54) is 5.41 Å². The first-order valence-corrected chi connectivity index (χ1v) is 7.95. The second-order valence-corrected chi connectivity index (χ2v) is 6.78. The Morgan fingerprint density at radius 2 is 1.95 bits per heavy atom. The van der Waals surface area contributed by atoms with E-state index in [4.69, 9.17) is 0 Å². The van der Waals surface area contributed by atoms with Gasteiger partial charge >= 0.3 is 0 Å². The van der Waals surface area contributed by atoms with Crippen molar-refractivity contribution < 1.29 is 8.42 Å². The third-order valence-corrected chi connectivity index (χ3v) is 4.48. The summed E-state index contributed by atoms with van der Waals surface area (Å²) in [6.45, 7) is 3.76. The number of likely N-dealkylation sites (tertiary alicyclic amines) is 1. The summed E-state index contributed by atoms with van der Waals surface area (Å²) < 4.78 is 26.7. The molecule has 0 bridgehead atoms. The molecule has 0 aliphatic carbocycles. The van der Waals surface area contributed by atoms with Crippen molar-refractivity contribution in [2.24, 2.45) is 5.92 Å². The number of sulfonamides is 1. The van der Waals surface area contributed by atoms with Crippen LogP contribution in [0.25, 0.3) is 6.08 Å². The van der Waals surface area contributed by atoms with Gasteiger partial charge in [0.15, 0.2) is 0 Å². The molecule has 1 N–H and O–H groups in total. The smallest absolute Gasteiger partial charge is 0.234 e. The Kier molecular flexibility index (Phi) is 4.39. The molecule has 0 aromatic heterocycles. The predicted octanol–water partition coefficient (Wildman–Crippen LogP) is 1.53. The van der Waals surface area contributed by atoms with Crippen LogP contribution in [0.2, 0.25) is 0 Å². The molecule has 1 fully saturated rings. The molecule has 2 unspecified atom stereocenters. The van der Waals surface area contributed by atoms with Crippen molar-refractivity contribution in [3.05, 3.63) is 41.3 Å². The van der Waals surface area contributed by atoms with E-state index in [2.05, 4.69) is 16.5 Å². The summed E-state index contributed by atoms with van der Waals surface area (Å²) in [4.78, 5) is 2.14. The zero-order chi connectivity index (χ0) is 13.9. The molecule has 2 rings (SSSR count). The average molecular weight is 280 g/mol. The first kappa shape index (κ1) is 14.2. The van der Waals surface area contributed by atoms with Crippen LogP contribution in [0.3, 0.4) is 0 Å². The number of nitrogens with one attached hydrogen (secondary N) is 1. The van der Waals surface area contributed by atoms with Crippen LogP contribution in [0.5, 0.6) is 0 Å². The lowest BCUT2D eigenvalue weighted by atomic mass is 10.1. The number of hydrogen-bond donors (Lipinski definition) is 1. The fraction of sp³-hybridized carbons (Fsp3) is 0.429. The summed E-state index contributed by atoms with van der Waals surface area (Å²) in [5.74, 6) is 0.338. The summed E-state index contributed by atoms with van der Waals surface area (Å²) >= 11 is 0. The van der Waals surface area contributed by atoms with E-state index in [0.717, 1.165) is 18.7 Å². The highest BCUT2D eigenvalue weighted by molar-refractivity contribution is 7.92. The molecule has 1 saturated heterocycles. The number of hydrogen-bond acceptors (Lipinski definition) is 3. The first-order valence-electron chi connectivity index (χ1n) is 6.40. The normalized spacial score (nSPS) is 25.2. The van der Waals surface area contributed by atoms with Gasteiger partial charge in [-0.05, 0) is 24.6 Å². The molecular weight excluding hydrogens is 260 g/mol. The standard InChI is InChI=1S/C14H20N2O2S/c1-12-10-16(2)11-14(12)15-19(17,18)9-8-13-6-4-3-5-7-13/h3-9,12,14-15H,10-11H2,1-2H3. The zero-order valence-electron chi connectivity index (χ0n) is 11.3. The molecule has 1 heterocycles. The first-order chi connectivity index (χ1) is 8.96. The Bertz CT molecular complexity index is 540. The Morgan fingerprint density at radius 3 is 2.53 bits per heavy atom. The van der Waals surface area contributed by atoms with E-state index in [-0.39, 0.29) is 6.04 Å². The molecule has 104 valence electrons. The number of likely N-dealkylation sites (N-methyl/N-ethyl adjacent to an activating group) is 1. The highest BCUT2D eigenvalue weighted by Crippen LogP contribution is 2.15.